The number of thiazole rings is 1. The van der Waals surface area contributed by atoms with E-state index in [1.54, 1.807) is 18.3 Å². The molecule has 1 N–H and O–H groups in total. The summed E-state index contributed by atoms with van der Waals surface area (Å²) in [5, 5.41) is 0.281. The monoisotopic (exact) mass is 346 g/mol. The summed E-state index contributed by atoms with van der Waals surface area (Å²) in [5.41, 5.74) is 2.83. The summed E-state index contributed by atoms with van der Waals surface area (Å²) in [6.07, 6.45) is 7.33. The largest absolute Gasteiger partial charge is 0.263 e. The van der Waals surface area contributed by atoms with Gasteiger partial charge in [-0.15, -0.1) is 0 Å². The fraction of sp³-hybridized carbons (Fsp3) is 0.267. The van der Waals surface area contributed by atoms with Crippen LogP contribution in [0.5, 0.6) is 0 Å². The molecule has 3 aromatic rings. The molecule has 23 heavy (non-hydrogen) atoms. The number of nitrogens with one attached hydrogen (secondary N) is 1. The Balaban J connectivity index is 1.67. The van der Waals surface area contributed by atoms with Gasteiger partial charge in [-0.3, -0.25) is 4.72 Å². The number of anilines is 1. The van der Waals surface area contributed by atoms with E-state index in [1.165, 1.54) is 29.5 Å². The lowest BCUT2D eigenvalue weighted by molar-refractivity contribution is 0.600. The van der Waals surface area contributed by atoms with Crippen LogP contribution in [0, 0.1) is 0 Å². The summed E-state index contributed by atoms with van der Waals surface area (Å²) in [6.45, 7) is 0. The summed E-state index contributed by atoms with van der Waals surface area (Å²) in [6, 6.07) is 5.36. The molecule has 1 aromatic carbocycles. The lowest BCUT2D eigenvalue weighted by Crippen LogP contribution is -2.14. The van der Waals surface area contributed by atoms with Crippen molar-refractivity contribution >= 4 is 37.0 Å². The molecule has 118 valence electrons. The van der Waals surface area contributed by atoms with E-state index in [9.17, 15) is 8.42 Å². The van der Waals surface area contributed by atoms with E-state index < -0.39 is 10.0 Å². The molecule has 2 aromatic heterocycles. The highest BCUT2D eigenvalue weighted by Gasteiger charge is 2.19. The zero-order valence-corrected chi connectivity index (χ0v) is 13.8. The Labute approximate surface area is 137 Å². The van der Waals surface area contributed by atoms with E-state index in [-0.39, 0.29) is 10.0 Å². The van der Waals surface area contributed by atoms with Crippen LogP contribution >= 0.6 is 11.3 Å². The maximum atomic E-state index is 12.6. The Kier molecular flexibility index (Phi) is 3.50. The lowest BCUT2D eigenvalue weighted by atomic mass is 9.92. The van der Waals surface area contributed by atoms with Crippen molar-refractivity contribution in [2.75, 3.05) is 4.72 Å². The van der Waals surface area contributed by atoms with Gasteiger partial charge in [-0.2, -0.15) is 4.98 Å². The summed E-state index contributed by atoms with van der Waals surface area (Å²) in [4.78, 5) is 13.2. The van der Waals surface area contributed by atoms with Gasteiger partial charge in [-0.25, -0.2) is 18.4 Å². The second-order valence-corrected chi connectivity index (χ2v) is 8.11. The molecule has 0 spiro atoms. The Morgan fingerprint density at radius 1 is 1.04 bits per heavy atom. The van der Waals surface area contributed by atoms with Crippen molar-refractivity contribution in [2.24, 2.45) is 0 Å². The Hall–Kier alpha value is -2.06. The number of sulfonamides is 1. The zero-order valence-electron chi connectivity index (χ0n) is 12.2. The molecule has 8 heteroatoms. The standard InChI is InChI=1S/C15H14N4O2S2/c20-23(21,12-6-5-10-3-1-2-4-11(10)9-12)19-15-18-13-14(22-15)17-8-7-16-13/h5-9H,1-4H2,(H,16,18,19). The minimum absolute atomic E-state index is 0.276. The van der Waals surface area contributed by atoms with Gasteiger partial charge in [0, 0.05) is 12.4 Å². The van der Waals surface area contributed by atoms with Gasteiger partial charge in [-0.1, -0.05) is 17.4 Å². The average Bonchev–Trinajstić information content (AvgIpc) is 2.95. The van der Waals surface area contributed by atoms with Gasteiger partial charge in [0.15, 0.2) is 10.5 Å². The lowest BCUT2D eigenvalue weighted by Gasteiger charge is -2.16. The molecule has 0 unspecified atom stereocenters. The highest BCUT2D eigenvalue weighted by atomic mass is 32.2. The molecular formula is C15H14N4O2S2. The fourth-order valence-electron chi connectivity index (χ4n) is 2.77. The van der Waals surface area contributed by atoms with E-state index >= 15 is 0 Å². The third-order valence-corrected chi connectivity index (χ3v) is 6.23. The third-order valence-electron chi connectivity index (χ3n) is 3.90. The molecule has 6 nitrogen and oxygen atoms in total. The number of aryl methyl sites for hydroxylation is 2. The van der Waals surface area contributed by atoms with E-state index in [2.05, 4.69) is 19.7 Å². The van der Waals surface area contributed by atoms with Crippen LogP contribution in [-0.2, 0) is 22.9 Å². The predicted molar refractivity (Wildman–Crippen MR) is 89.1 cm³/mol. The first-order valence-electron chi connectivity index (χ1n) is 7.34. The molecule has 0 atom stereocenters. The minimum Gasteiger partial charge on any atom is -0.255 e. The summed E-state index contributed by atoms with van der Waals surface area (Å²) < 4.78 is 27.7. The van der Waals surface area contributed by atoms with Gasteiger partial charge >= 0.3 is 0 Å². The van der Waals surface area contributed by atoms with E-state index in [0.29, 0.717) is 10.5 Å². The van der Waals surface area contributed by atoms with Gasteiger partial charge < -0.3 is 0 Å². The summed E-state index contributed by atoms with van der Waals surface area (Å²) >= 11 is 1.17. The maximum Gasteiger partial charge on any atom is 0.263 e. The third kappa shape index (κ3) is 2.79. The second-order valence-electron chi connectivity index (χ2n) is 5.45. The highest BCUT2D eigenvalue weighted by molar-refractivity contribution is 7.93. The topological polar surface area (TPSA) is 84.8 Å². The van der Waals surface area contributed by atoms with Gasteiger partial charge in [0.25, 0.3) is 10.0 Å². The van der Waals surface area contributed by atoms with Crippen molar-refractivity contribution in [3.63, 3.8) is 0 Å². The second kappa shape index (κ2) is 5.54. The number of benzene rings is 1. The van der Waals surface area contributed by atoms with Crippen molar-refractivity contribution in [1.82, 2.24) is 15.0 Å². The van der Waals surface area contributed by atoms with Crippen LogP contribution < -0.4 is 4.72 Å². The highest BCUT2D eigenvalue weighted by Crippen LogP contribution is 2.27. The van der Waals surface area contributed by atoms with Gasteiger partial charge in [0.05, 0.1) is 4.90 Å². The van der Waals surface area contributed by atoms with E-state index in [4.69, 9.17) is 0 Å². The maximum absolute atomic E-state index is 12.6. The zero-order chi connectivity index (χ0) is 15.9. The van der Waals surface area contributed by atoms with Crippen LogP contribution in [0.2, 0.25) is 0 Å². The first-order chi connectivity index (χ1) is 11.1. The van der Waals surface area contributed by atoms with Crippen molar-refractivity contribution in [2.45, 2.75) is 30.6 Å². The molecule has 0 saturated carbocycles. The van der Waals surface area contributed by atoms with Crippen molar-refractivity contribution in [1.29, 1.82) is 0 Å². The van der Waals surface area contributed by atoms with Crippen molar-refractivity contribution in [3.8, 4) is 0 Å². The van der Waals surface area contributed by atoms with Crippen molar-refractivity contribution < 1.29 is 8.42 Å². The van der Waals surface area contributed by atoms with E-state index in [0.717, 1.165) is 24.8 Å². The minimum atomic E-state index is -3.65. The number of nitrogens with zero attached hydrogens (tertiary/aromatic N) is 3. The number of rotatable bonds is 3. The van der Waals surface area contributed by atoms with Crippen LogP contribution in [0.1, 0.15) is 24.0 Å². The van der Waals surface area contributed by atoms with Crippen LogP contribution in [0.3, 0.4) is 0 Å². The Morgan fingerprint density at radius 2 is 1.83 bits per heavy atom. The molecule has 0 bridgehead atoms. The first-order valence-corrected chi connectivity index (χ1v) is 9.64. The smallest absolute Gasteiger partial charge is 0.255 e. The van der Waals surface area contributed by atoms with Gasteiger partial charge in [-0.05, 0) is 48.9 Å². The molecule has 0 fully saturated rings. The SMILES string of the molecule is O=S(=O)(Nc1nc2nccnc2s1)c1ccc2c(c1)CCCC2. The number of hydrogen-bond acceptors (Lipinski definition) is 6. The quantitative estimate of drug-likeness (QED) is 0.788. The molecule has 4 rings (SSSR count). The van der Waals surface area contributed by atoms with Crippen LogP contribution in [0.25, 0.3) is 10.5 Å². The fourth-order valence-corrected chi connectivity index (χ4v) is 4.82. The van der Waals surface area contributed by atoms with E-state index in [1.807, 2.05) is 6.07 Å². The normalized spacial score (nSPS) is 14.6. The molecule has 0 aliphatic heterocycles. The number of hydrogen-bond donors (Lipinski definition) is 1. The first kappa shape index (κ1) is 14.5. The average molecular weight is 346 g/mol. The molecule has 1 aliphatic carbocycles. The van der Waals surface area contributed by atoms with Crippen molar-refractivity contribution in [3.05, 3.63) is 41.7 Å². The summed E-state index contributed by atoms with van der Waals surface area (Å²) in [7, 11) is -3.65. The predicted octanol–water partition coefficient (Wildman–Crippen LogP) is 2.77. The molecule has 0 amide bonds. The van der Waals surface area contributed by atoms with Crippen LogP contribution in [0.4, 0.5) is 5.13 Å². The Morgan fingerprint density at radius 3 is 2.65 bits per heavy atom. The molecule has 0 saturated heterocycles. The number of fused-ring (bicyclic) bond motifs is 2. The van der Waals surface area contributed by atoms with Gasteiger partial charge in [0.2, 0.25) is 5.13 Å². The summed E-state index contributed by atoms with van der Waals surface area (Å²) in [5.74, 6) is 0. The molecular weight excluding hydrogens is 332 g/mol. The molecule has 1 aliphatic rings. The Bertz CT molecular complexity index is 949. The van der Waals surface area contributed by atoms with Gasteiger partial charge in [0.1, 0.15) is 0 Å². The molecule has 2 heterocycles. The van der Waals surface area contributed by atoms with Crippen LogP contribution in [-0.4, -0.2) is 23.4 Å². The molecule has 0 radical (unpaired) electrons. The number of aromatic nitrogens is 3. The van der Waals surface area contributed by atoms with Crippen LogP contribution in [0.15, 0.2) is 35.5 Å².